The Morgan fingerprint density at radius 3 is 2.41 bits per heavy atom. The maximum atomic E-state index is 12.6. The molecule has 7 nitrogen and oxygen atoms in total. The summed E-state index contributed by atoms with van der Waals surface area (Å²) < 4.78 is 16.1. The van der Waals surface area contributed by atoms with Gasteiger partial charge in [-0.1, -0.05) is 19.9 Å². The molecule has 2 aromatic carbocycles. The first-order valence-electron chi connectivity index (χ1n) is 8.39. The molecule has 0 heterocycles. The minimum atomic E-state index is -1.14. The van der Waals surface area contributed by atoms with E-state index in [4.69, 9.17) is 14.2 Å². The number of hydrogen-bond donors (Lipinski definition) is 2. The van der Waals surface area contributed by atoms with Crippen molar-refractivity contribution in [3.8, 4) is 17.2 Å². The molecule has 2 aromatic rings. The van der Waals surface area contributed by atoms with Crippen LogP contribution < -0.4 is 19.5 Å². The number of anilines is 1. The predicted molar refractivity (Wildman–Crippen MR) is 101 cm³/mol. The van der Waals surface area contributed by atoms with Gasteiger partial charge in [0.15, 0.2) is 11.5 Å². The Morgan fingerprint density at radius 1 is 1.07 bits per heavy atom. The molecule has 0 aliphatic carbocycles. The lowest BCUT2D eigenvalue weighted by Gasteiger charge is -2.15. The van der Waals surface area contributed by atoms with E-state index in [2.05, 4.69) is 5.32 Å². The topological polar surface area (TPSA) is 94.1 Å². The number of ether oxygens (including phenoxy) is 3. The first-order valence-corrected chi connectivity index (χ1v) is 8.39. The Kier molecular flexibility index (Phi) is 6.65. The van der Waals surface area contributed by atoms with Gasteiger partial charge in [-0.05, 0) is 36.2 Å². The van der Waals surface area contributed by atoms with Crippen molar-refractivity contribution in [3.63, 3.8) is 0 Å². The van der Waals surface area contributed by atoms with Crippen molar-refractivity contribution in [2.75, 3.05) is 26.1 Å². The van der Waals surface area contributed by atoms with Gasteiger partial charge in [0.1, 0.15) is 5.75 Å². The van der Waals surface area contributed by atoms with Crippen LogP contribution in [0.4, 0.5) is 5.69 Å². The van der Waals surface area contributed by atoms with Crippen molar-refractivity contribution < 1.29 is 28.9 Å². The van der Waals surface area contributed by atoms with Gasteiger partial charge in [0, 0.05) is 5.56 Å². The van der Waals surface area contributed by atoms with Gasteiger partial charge >= 0.3 is 5.97 Å². The molecular formula is C20H23NO6. The number of nitrogens with one attached hydrogen (secondary N) is 1. The Hall–Kier alpha value is -3.22. The molecular weight excluding hydrogens is 350 g/mol. The van der Waals surface area contributed by atoms with Crippen LogP contribution in [-0.4, -0.2) is 37.8 Å². The third-order valence-electron chi connectivity index (χ3n) is 3.65. The zero-order valence-electron chi connectivity index (χ0n) is 15.7. The van der Waals surface area contributed by atoms with Gasteiger partial charge in [0.25, 0.3) is 5.91 Å². The molecule has 0 radical (unpaired) electrons. The number of hydrogen-bond acceptors (Lipinski definition) is 5. The molecule has 2 rings (SSSR count). The van der Waals surface area contributed by atoms with Crippen LogP contribution in [0.15, 0.2) is 36.4 Å². The molecule has 0 saturated heterocycles. The van der Waals surface area contributed by atoms with Crippen LogP contribution in [0, 0.1) is 5.92 Å². The molecule has 0 saturated carbocycles. The predicted octanol–water partition coefficient (Wildman–Crippen LogP) is 3.69. The summed E-state index contributed by atoms with van der Waals surface area (Å²) in [6.45, 7) is 4.61. The second-order valence-electron chi connectivity index (χ2n) is 6.25. The first kappa shape index (κ1) is 20.1. The zero-order valence-corrected chi connectivity index (χ0v) is 15.7. The lowest BCUT2D eigenvalue weighted by molar-refractivity contribution is 0.0696. The number of carbonyl (C=O) groups excluding carboxylic acids is 1. The van der Waals surface area contributed by atoms with Gasteiger partial charge in [-0.15, -0.1) is 0 Å². The van der Waals surface area contributed by atoms with E-state index in [0.717, 1.165) is 0 Å². The lowest BCUT2D eigenvalue weighted by Crippen LogP contribution is -2.14. The van der Waals surface area contributed by atoms with Crippen LogP contribution in [0.25, 0.3) is 0 Å². The minimum Gasteiger partial charge on any atom is -0.493 e. The number of aromatic carboxylic acids is 1. The molecule has 0 bridgehead atoms. The first-order chi connectivity index (χ1) is 12.8. The van der Waals surface area contributed by atoms with Crippen molar-refractivity contribution in [3.05, 3.63) is 47.5 Å². The highest BCUT2D eigenvalue weighted by atomic mass is 16.5. The smallest absolute Gasteiger partial charge is 0.335 e. The van der Waals surface area contributed by atoms with Gasteiger partial charge < -0.3 is 24.6 Å². The van der Waals surface area contributed by atoms with E-state index in [1.807, 2.05) is 13.8 Å². The van der Waals surface area contributed by atoms with Crippen LogP contribution in [0.3, 0.4) is 0 Å². The highest BCUT2D eigenvalue weighted by Crippen LogP contribution is 2.37. The number of carboxylic acid groups (broad SMARTS) is 1. The number of carboxylic acids is 1. The monoisotopic (exact) mass is 373 g/mol. The highest BCUT2D eigenvalue weighted by molar-refractivity contribution is 6.06. The van der Waals surface area contributed by atoms with Crippen LogP contribution in [0.5, 0.6) is 17.2 Å². The van der Waals surface area contributed by atoms with E-state index < -0.39 is 11.9 Å². The fourth-order valence-corrected chi connectivity index (χ4v) is 2.37. The van der Waals surface area contributed by atoms with Crippen LogP contribution in [0.1, 0.15) is 34.6 Å². The van der Waals surface area contributed by atoms with Gasteiger partial charge in [-0.25, -0.2) is 4.79 Å². The van der Waals surface area contributed by atoms with Gasteiger partial charge in [-0.3, -0.25) is 4.79 Å². The molecule has 0 fully saturated rings. The number of carbonyl (C=O) groups is 2. The van der Waals surface area contributed by atoms with Crippen LogP contribution in [-0.2, 0) is 0 Å². The average Bonchev–Trinajstić information content (AvgIpc) is 2.65. The molecule has 0 aliphatic rings. The summed E-state index contributed by atoms with van der Waals surface area (Å²) in [5, 5.41) is 11.9. The van der Waals surface area contributed by atoms with E-state index in [9.17, 15) is 14.7 Å². The normalized spacial score (nSPS) is 10.4. The SMILES string of the molecule is COc1cc(C(=O)O)cc(NC(=O)c2cccc(OCC(C)C)c2)c1OC. The summed E-state index contributed by atoms with van der Waals surface area (Å²) in [4.78, 5) is 24.0. The minimum absolute atomic E-state index is 0.0306. The molecule has 0 aromatic heterocycles. The molecule has 0 atom stereocenters. The molecule has 0 unspecified atom stereocenters. The van der Waals surface area contributed by atoms with Crippen LogP contribution in [0.2, 0.25) is 0 Å². The standard InChI is InChI=1S/C20H23NO6/c1-12(2)11-27-15-7-5-6-13(8-15)19(22)21-16-9-14(20(23)24)10-17(25-3)18(16)26-4/h5-10,12H,11H2,1-4H3,(H,21,22)(H,23,24). The van der Waals surface area contributed by atoms with E-state index >= 15 is 0 Å². The summed E-state index contributed by atoms with van der Waals surface area (Å²) in [5.74, 6) is -0.175. The second kappa shape index (κ2) is 8.93. The molecule has 2 N–H and O–H groups in total. The fraction of sp³-hybridized carbons (Fsp3) is 0.300. The molecule has 0 spiro atoms. The molecule has 7 heteroatoms. The van der Waals surface area contributed by atoms with E-state index in [0.29, 0.717) is 23.8 Å². The maximum Gasteiger partial charge on any atom is 0.335 e. The Labute approximate surface area is 157 Å². The summed E-state index contributed by atoms with van der Waals surface area (Å²) in [6.07, 6.45) is 0. The van der Waals surface area contributed by atoms with E-state index in [-0.39, 0.29) is 22.7 Å². The van der Waals surface area contributed by atoms with Crippen molar-refractivity contribution in [1.29, 1.82) is 0 Å². The average molecular weight is 373 g/mol. The van der Waals surface area contributed by atoms with Crippen LogP contribution >= 0.6 is 0 Å². The van der Waals surface area contributed by atoms with Gasteiger partial charge in [0.2, 0.25) is 0 Å². The Balaban J connectivity index is 2.30. The quantitative estimate of drug-likeness (QED) is 0.733. The van der Waals surface area contributed by atoms with Gasteiger partial charge in [0.05, 0.1) is 32.1 Å². The second-order valence-corrected chi connectivity index (χ2v) is 6.25. The zero-order chi connectivity index (χ0) is 20.0. The number of amides is 1. The molecule has 1 amide bonds. The molecule has 144 valence electrons. The van der Waals surface area contributed by atoms with Crippen molar-refractivity contribution in [2.24, 2.45) is 5.92 Å². The lowest BCUT2D eigenvalue weighted by atomic mass is 10.1. The van der Waals surface area contributed by atoms with Crippen molar-refractivity contribution >= 4 is 17.6 Å². The largest absolute Gasteiger partial charge is 0.493 e. The third-order valence-corrected chi connectivity index (χ3v) is 3.65. The Morgan fingerprint density at radius 2 is 1.81 bits per heavy atom. The molecule has 27 heavy (non-hydrogen) atoms. The molecule has 0 aliphatic heterocycles. The number of rotatable bonds is 8. The number of methoxy groups -OCH3 is 2. The highest BCUT2D eigenvalue weighted by Gasteiger charge is 2.18. The summed E-state index contributed by atoms with van der Waals surface area (Å²) >= 11 is 0. The fourth-order valence-electron chi connectivity index (χ4n) is 2.37. The Bertz CT molecular complexity index is 831. The third kappa shape index (κ3) is 5.13. The summed E-state index contributed by atoms with van der Waals surface area (Å²) in [5.41, 5.74) is 0.544. The van der Waals surface area contributed by atoms with Gasteiger partial charge in [-0.2, -0.15) is 0 Å². The summed E-state index contributed by atoms with van der Waals surface area (Å²) in [6, 6.07) is 9.41. The van der Waals surface area contributed by atoms with Crippen molar-refractivity contribution in [1.82, 2.24) is 0 Å². The van der Waals surface area contributed by atoms with E-state index in [1.165, 1.54) is 26.4 Å². The number of benzene rings is 2. The van der Waals surface area contributed by atoms with E-state index in [1.54, 1.807) is 24.3 Å². The maximum absolute atomic E-state index is 12.6. The van der Waals surface area contributed by atoms with Crippen molar-refractivity contribution in [2.45, 2.75) is 13.8 Å². The summed E-state index contributed by atoms with van der Waals surface area (Å²) in [7, 11) is 2.80.